The van der Waals surface area contributed by atoms with Gasteiger partial charge >= 0.3 is 5.69 Å². The number of likely N-dealkylation sites (N-methyl/N-ethyl adjacent to an activating group) is 1. The van der Waals surface area contributed by atoms with Gasteiger partial charge in [0.15, 0.2) is 13.2 Å². The fourth-order valence-corrected chi connectivity index (χ4v) is 2.13. The molecule has 0 heterocycles. The highest BCUT2D eigenvalue weighted by Crippen LogP contribution is 2.22. The molecule has 9 nitrogen and oxygen atoms in total. The molecule has 0 aliphatic heterocycles. The summed E-state index contributed by atoms with van der Waals surface area (Å²) in [6.45, 7) is 1.71. The molecule has 0 aliphatic rings. The number of benzene rings is 2. The van der Waals surface area contributed by atoms with E-state index in [4.69, 9.17) is 9.47 Å². The molecule has 2 N–H and O–H groups in total. The Hall–Kier alpha value is -3.69. The van der Waals surface area contributed by atoms with Gasteiger partial charge in [-0.3, -0.25) is 19.7 Å². The highest BCUT2D eigenvalue weighted by atomic mass is 19.1. The predicted molar refractivity (Wildman–Crippen MR) is 97.8 cm³/mol. The van der Waals surface area contributed by atoms with Gasteiger partial charge in [-0.1, -0.05) is 6.07 Å². The van der Waals surface area contributed by atoms with Crippen molar-refractivity contribution in [1.29, 1.82) is 0 Å². The number of hydrogen-bond donors (Lipinski definition) is 2. The van der Waals surface area contributed by atoms with E-state index in [9.17, 15) is 24.1 Å². The third-order valence-electron chi connectivity index (χ3n) is 3.35. The molecule has 0 aromatic heterocycles. The van der Waals surface area contributed by atoms with E-state index >= 15 is 0 Å². The fraction of sp³-hybridized carbons (Fsp3) is 0.222. The first kappa shape index (κ1) is 20.6. The summed E-state index contributed by atoms with van der Waals surface area (Å²) >= 11 is 0. The van der Waals surface area contributed by atoms with Gasteiger partial charge in [0.05, 0.1) is 4.92 Å². The van der Waals surface area contributed by atoms with Gasteiger partial charge in [-0.25, -0.2) is 0 Å². The van der Waals surface area contributed by atoms with E-state index in [0.29, 0.717) is 18.0 Å². The van der Waals surface area contributed by atoms with Gasteiger partial charge in [0.25, 0.3) is 11.8 Å². The molecule has 0 atom stereocenters. The number of rotatable bonds is 9. The molecule has 0 saturated carbocycles. The molecule has 0 bridgehead atoms. The van der Waals surface area contributed by atoms with Crippen LogP contribution < -0.4 is 20.1 Å². The van der Waals surface area contributed by atoms with Crippen molar-refractivity contribution < 1.29 is 28.4 Å². The maximum absolute atomic E-state index is 13.5. The Morgan fingerprint density at radius 1 is 1.07 bits per heavy atom. The second-order valence-electron chi connectivity index (χ2n) is 5.48. The molecule has 2 aromatic rings. The number of ether oxygens (including phenoxy) is 2. The van der Waals surface area contributed by atoms with Crippen LogP contribution in [0.5, 0.6) is 11.5 Å². The quantitative estimate of drug-likeness (QED) is 0.500. The summed E-state index contributed by atoms with van der Waals surface area (Å²) in [7, 11) is 0. The molecule has 28 heavy (non-hydrogen) atoms. The van der Waals surface area contributed by atoms with Crippen LogP contribution in [0.1, 0.15) is 6.92 Å². The normalized spacial score (nSPS) is 10.1. The van der Waals surface area contributed by atoms with Crippen LogP contribution in [0, 0.1) is 15.9 Å². The van der Waals surface area contributed by atoms with Gasteiger partial charge in [0.1, 0.15) is 11.5 Å². The molecule has 0 radical (unpaired) electrons. The summed E-state index contributed by atoms with van der Waals surface area (Å²) in [5.74, 6) is -1.47. The maximum atomic E-state index is 13.5. The highest BCUT2D eigenvalue weighted by Gasteiger charge is 2.15. The van der Waals surface area contributed by atoms with Crippen molar-refractivity contribution in [3.8, 4) is 11.5 Å². The molecule has 2 aromatic carbocycles. The van der Waals surface area contributed by atoms with E-state index < -0.39 is 28.9 Å². The Labute approximate surface area is 159 Å². The number of carbonyl (C=O) groups is 2. The summed E-state index contributed by atoms with van der Waals surface area (Å²) in [5.41, 5.74) is -0.266. The second-order valence-corrected chi connectivity index (χ2v) is 5.48. The van der Waals surface area contributed by atoms with E-state index in [1.54, 1.807) is 25.1 Å². The molecule has 2 rings (SSSR count). The third kappa shape index (κ3) is 6.24. The smallest absolute Gasteiger partial charge is 0.305 e. The Morgan fingerprint density at radius 3 is 2.39 bits per heavy atom. The van der Waals surface area contributed by atoms with Gasteiger partial charge in [-0.05, 0) is 25.1 Å². The van der Waals surface area contributed by atoms with Gasteiger partial charge in [-0.2, -0.15) is 4.39 Å². The van der Waals surface area contributed by atoms with E-state index in [0.717, 1.165) is 12.1 Å². The Kier molecular flexibility index (Phi) is 7.26. The Morgan fingerprint density at radius 2 is 1.75 bits per heavy atom. The predicted octanol–water partition coefficient (Wildman–Crippen LogP) is 2.27. The minimum Gasteiger partial charge on any atom is -0.484 e. The van der Waals surface area contributed by atoms with Crippen LogP contribution in [0.15, 0.2) is 42.5 Å². The molecule has 0 fully saturated rings. The number of nitro benzene ring substituents is 1. The lowest BCUT2D eigenvalue weighted by atomic mass is 10.3. The average molecular weight is 391 g/mol. The summed E-state index contributed by atoms with van der Waals surface area (Å²) in [6, 6.07) is 9.40. The zero-order chi connectivity index (χ0) is 20.5. The van der Waals surface area contributed by atoms with E-state index in [-0.39, 0.29) is 18.3 Å². The van der Waals surface area contributed by atoms with Crippen LogP contribution in [0.4, 0.5) is 15.8 Å². The van der Waals surface area contributed by atoms with Gasteiger partial charge in [-0.15, -0.1) is 0 Å². The molecule has 0 unspecified atom stereocenters. The van der Waals surface area contributed by atoms with Gasteiger partial charge in [0, 0.05) is 30.4 Å². The molecule has 2 amide bonds. The minimum atomic E-state index is -1.06. The van der Waals surface area contributed by atoms with Crippen LogP contribution in [0.25, 0.3) is 0 Å². The van der Waals surface area contributed by atoms with Crippen molar-refractivity contribution in [3.05, 3.63) is 58.4 Å². The van der Waals surface area contributed by atoms with E-state index in [1.807, 2.05) is 0 Å². The van der Waals surface area contributed by atoms with Crippen LogP contribution >= 0.6 is 0 Å². The second kappa shape index (κ2) is 9.86. The van der Waals surface area contributed by atoms with Crippen molar-refractivity contribution in [3.63, 3.8) is 0 Å². The first-order valence-corrected chi connectivity index (χ1v) is 8.25. The summed E-state index contributed by atoms with van der Waals surface area (Å²) in [5, 5.41) is 15.7. The number of nitro groups is 1. The lowest BCUT2D eigenvalue weighted by Gasteiger charge is -2.10. The first-order valence-electron chi connectivity index (χ1n) is 8.25. The van der Waals surface area contributed by atoms with Crippen LogP contribution in [0.2, 0.25) is 0 Å². The summed E-state index contributed by atoms with van der Waals surface area (Å²) < 4.78 is 24.0. The van der Waals surface area contributed by atoms with Crippen molar-refractivity contribution in [2.24, 2.45) is 0 Å². The van der Waals surface area contributed by atoms with Crippen molar-refractivity contribution in [2.45, 2.75) is 6.92 Å². The summed E-state index contributed by atoms with van der Waals surface area (Å²) in [6.07, 6.45) is 0. The fourth-order valence-electron chi connectivity index (χ4n) is 2.13. The monoisotopic (exact) mass is 391 g/mol. The average Bonchev–Trinajstić information content (AvgIpc) is 2.65. The van der Waals surface area contributed by atoms with Crippen molar-refractivity contribution in [2.75, 3.05) is 25.1 Å². The minimum absolute atomic E-state index is 0.0164. The number of nitrogens with zero attached hydrogens (tertiary/aromatic N) is 1. The molecule has 10 heteroatoms. The highest BCUT2D eigenvalue weighted by molar-refractivity contribution is 5.92. The maximum Gasteiger partial charge on any atom is 0.305 e. The number of hydrogen-bond acceptors (Lipinski definition) is 6. The zero-order valence-corrected chi connectivity index (χ0v) is 14.9. The lowest BCUT2D eigenvalue weighted by molar-refractivity contribution is -0.387. The number of amides is 2. The molecule has 0 spiro atoms. The lowest BCUT2D eigenvalue weighted by Crippen LogP contribution is -2.28. The van der Waals surface area contributed by atoms with E-state index in [1.165, 1.54) is 12.1 Å². The van der Waals surface area contributed by atoms with Crippen LogP contribution in [-0.4, -0.2) is 36.5 Å². The largest absolute Gasteiger partial charge is 0.484 e. The molecule has 0 aliphatic carbocycles. The van der Waals surface area contributed by atoms with Crippen molar-refractivity contribution >= 4 is 23.2 Å². The zero-order valence-electron chi connectivity index (χ0n) is 14.9. The van der Waals surface area contributed by atoms with Gasteiger partial charge in [0.2, 0.25) is 5.82 Å². The number of nitrogens with one attached hydrogen (secondary N) is 2. The Bertz CT molecular complexity index is 874. The first-order chi connectivity index (χ1) is 13.4. The number of halogens is 1. The molecular weight excluding hydrogens is 373 g/mol. The Balaban J connectivity index is 1.87. The standard InChI is InChI=1S/C18H18FN3O6/c1-2-20-17(23)10-27-13-5-3-4-12(8-13)21-18(24)11-28-14-6-7-16(22(25)26)15(19)9-14/h3-9H,2,10-11H2,1H3,(H,20,23)(H,21,24). The van der Waals surface area contributed by atoms with Crippen LogP contribution in [-0.2, 0) is 9.59 Å². The number of carbonyl (C=O) groups excluding carboxylic acids is 2. The molecule has 0 saturated heterocycles. The molecule has 148 valence electrons. The SMILES string of the molecule is CCNC(=O)COc1cccc(NC(=O)COc2ccc([N+](=O)[O-])c(F)c2)c1. The third-order valence-corrected chi connectivity index (χ3v) is 3.35. The van der Waals surface area contributed by atoms with Crippen molar-refractivity contribution in [1.82, 2.24) is 5.32 Å². The number of anilines is 1. The topological polar surface area (TPSA) is 120 Å². The van der Waals surface area contributed by atoms with Crippen LogP contribution in [0.3, 0.4) is 0 Å². The van der Waals surface area contributed by atoms with Gasteiger partial charge < -0.3 is 20.1 Å². The van der Waals surface area contributed by atoms with E-state index in [2.05, 4.69) is 10.6 Å². The molecular formula is C18H18FN3O6. The summed E-state index contributed by atoms with van der Waals surface area (Å²) in [4.78, 5) is 33.1.